The van der Waals surface area contributed by atoms with Crippen LogP contribution in [0.4, 0.5) is 11.4 Å². The number of hydrogen-bond acceptors (Lipinski definition) is 1. The van der Waals surface area contributed by atoms with Crippen molar-refractivity contribution in [3.63, 3.8) is 0 Å². The van der Waals surface area contributed by atoms with Gasteiger partial charge in [0, 0.05) is 67.1 Å². The summed E-state index contributed by atoms with van der Waals surface area (Å²) >= 11 is 0. The molecule has 0 spiro atoms. The predicted octanol–water partition coefficient (Wildman–Crippen LogP) is 11.2. The van der Waals surface area contributed by atoms with Gasteiger partial charge in [0.1, 0.15) is 0 Å². The van der Waals surface area contributed by atoms with Gasteiger partial charge in [0.15, 0.2) is 0 Å². The molecule has 0 saturated heterocycles. The van der Waals surface area contributed by atoms with Gasteiger partial charge in [0.2, 0.25) is 0 Å². The van der Waals surface area contributed by atoms with Gasteiger partial charge in [-0.3, -0.25) is 0 Å². The molecule has 1 atom stereocenters. The first-order chi connectivity index (χ1) is 21.4. The molecule has 0 aliphatic heterocycles. The Kier molecular flexibility index (Phi) is 6.06. The number of benzene rings is 5. The van der Waals surface area contributed by atoms with Gasteiger partial charge in [-0.15, -0.1) is 0 Å². The van der Waals surface area contributed by atoms with E-state index in [4.69, 9.17) is 0 Å². The second kappa shape index (κ2) is 10.0. The second-order valence-electron chi connectivity index (χ2n) is 13.1. The molecule has 2 aromatic heterocycles. The Bertz CT molecular complexity index is 2190. The molecule has 0 N–H and O–H groups in total. The number of allylic oxidation sites excluding steroid dienone is 1. The third kappa shape index (κ3) is 4.11. The van der Waals surface area contributed by atoms with Crippen LogP contribution in [0.3, 0.4) is 0 Å². The lowest BCUT2D eigenvalue weighted by Gasteiger charge is -2.35. The normalized spacial score (nSPS) is 15.1. The van der Waals surface area contributed by atoms with Gasteiger partial charge in [-0.05, 0) is 87.9 Å². The average molecular weight is 572 g/mol. The van der Waals surface area contributed by atoms with Crippen LogP contribution in [0.2, 0.25) is 0 Å². The monoisotopic (exact) mass is 571 g/mol. The first-order valence-electron chi connectivity index (χ1n) is 15.7. The van der Waals surface area contributed by atoms with Gasteiger partial charge >= 0.3 is 0 Å². The van der Waals surface area contributed by atoms with Gasteiger partial charge in [-0.25, -0.2) is 0 Å². The van der Waals surface area contributed by atoms with Crippen LogP contribution in [0, 0.1) is 0 Å². The highest BCUT2D eigenvalue weighted by Crippen LogP contribution is 2.46. The molecule has 7 aromatic rings. The zero-order chi connectivity index (χ0) is 30.0. The maximum Gasteiger partial charge on any atom is 0.0542 e. The molecule has 5 aromatic carbocycles. The fraction of sp³-hybridized carbons (Fsp3) is 0.171. The molecule has 2 heterocycles. The van der Waals surface area contributed by atoms with Crippen molar-refractivity contribution in [3.05, 3.63) is 144 Å². The maximum atomic E-state index is 2.58. The highest BCUT2D eigenvalue weighted by atomic mass is 15.2. The zero-order valence-corrected chi connectivity index (χ0v) is 25.8. The van der Waals surface area contributed by atoms with Crippen LogP contribution in [-0.2, 0) is 5.54 Å². The molecule has 1 unspecified atom stereocenters. The fourth-order valence-corrected chi connectivity index (χ4v) is 7.45. The number of nitrogens with zero attached hydrogens (tertiary/aromatic N) is 3. The molecule has 216 valence electrons. The summed E-state index contributed by atoms with van der Waals surface area (Å²) in [6.45, 7) is 9.36. The van der Waals surface area contributed by atoms with Gasteiger partial charge in [0.25, 0.3) is 0 Å². The van der Waals surface area contributed by atoms with E-state index in [0.29, 0.717) is 5.92 Å². The third-order valence-corrected chi connectivity index (χ3v) is 9.15. The van der Waals surface area contributed by atoms with Crippen molar-refractivity contribution in [1.29, 1.82) is 0 Å². The summed E-state index contributed by atoms with van der Waals surface area (Å²) in [5.41, 5.74) is 11.4. The number of anilines is 2. The lowest BCUT2D eigenvalue weighted by Crippen LogP contribution is -2.27. The van der Waals surface area contributed by atoms with E-state index in [9.17, 15) is 0 Å². The lowest BCUT2D eigenvalue weighted by atomic mass is 9.89. The largest absolute Gasteiger partial charge is 0.338 e. The Labute approximate surface area is 259 Å². The Balaban J connectivity index is 1.37. The molecule has 0 amide bonds. The van der Waals surface area contributed by atoms with E-state index < -0.39 is 0 Å². The highest BCUT2D eigenvalue weighted by molar-refractivity contribution is 6.10. The molecule has 3 nitrogen and oxygen atoms in total. The van der Waals surface area contributed by atoms with Gasteiger partial charge in [-0.2, -0.15) is 0 Å². The van der Waals surface area contributed by atoms with E-state index in [-0.39, 0.29) is 5.54 Å². The summed E-state index contributed by atoms with van der Waals surface area (Å²) in [6.07, 6.45) is 3.42. The summed E-state index contributed by atoms with van der Waals surface area (Å²) in [5, 5.41) is 3.86. The first-order valence-corrected chi connectivity index (χ1v) is 15.7. The molecule has 1 aliphatic rings. The van der Waals surface area contributed by atoms with Crippen LogP contribution >= 0.6 is 0 Å². The van der Waals surface area contributed by atoms with Crippen LogP contribution in [-0.4, -0.2) is 9.13 Å². The predicted molar refractivity (Wildman–Crippen MR) is 187 cm³/mol. The van der Waals surface area contributed by atoms with Crippen LogP contribution in [0.5, 0.6) is 0 Å². The van der Waals surface area contributed by atoms with Crippen molar-refractivity contribution in [2.24, 2.45) is 0 Å². The first kappa shape index (κ1) is 26.6. The smallest absolute Gasteiger partial charge is 0.0542 e. The Morgan fingerprint density at radius 1 is 0.614 bits per heavy atom. The summed E-state index contributed by atoms with van der Waals surface area (Å²) in [7, 11) is 0. The molecule has 44 heavy (non-hydrogen) atoms. The van der Waals surface area contributed by atoms with E-state index in [2.05, 4.69) is 175 Å². The molecular weight excluding hydrogens is 534 g/mol. The number of hydrogen-bond donors (Lipinski definition) is 0. The van der Waals surface area contributed by atoms with E-state index in [1.54, 1.807) is 0 Å². The van der Waals surface area contributed by atoms with Crippen LogP contribution in [0.15, 0.2) is 133 Å². The van der Waals surface area contributed by atoms with Crippen molar-refractivity contribution in [2.45, 2.75) is 45.6 Å². The SMILES string of the molecule is CC1CC(N(c2ccccc2)c2ccc3c(c2)c2ccccc2n3-c2ccccc2)=Cc2c1n(C(C)(C)C)c1ccccc21. The number of para-hydroxylation sites is 4. The van der Waals surface area contributed by atoms with Crippen LogP contribution in [0.1, 0.15) is 51.3 Å². The Morgan fingerprint density at radius 2 is 1.23 bits per heavy atom. The summed E-state index contributed by atoms with van der Waals surface area (Å²) in [6, 6.07) is 46.2. The average Bonchev–Trinajstić information content (AvgIpc) is 3.56. The van der Waals surface area contributed by atoms with E-state index in [1.165, 1.54) is 66.7 Å². The molecule has 0 radical (unpaired) electrons. The van der Waals surface area contributed by atoms with Gasteiger partial charge in [0.05, 0.1) is 11.0 Å². The van der Waals surface area contributed by atoms with E-state index in [1.807, 2.05) is 0 Å². The van der Waals surface area contributed by atoms with Gasteiger partial charge in [-0.1, -0.05) is 79.7 Å². The second-order valence-corrected chi connectivity index (χ2v) is 13.1. The third-order valence-electron chi connectivity index (χ3n) is 9.15. The number of aromatic nitrogens is 2. The van der Waals surface area contributed by atoms with Crippen molar-refractivity contribution in [2.75, 3.05) is 4.90 Å². The van der Waals surface area contributed by atoms with E-state index >= 15 is 0 Å². The Morgan fingerprint density at radius 3 is 1.95 bits per heavy atom. The fourth-order valence-electron chi connectivity index (χ4n) is 7.45. The minimum absolute atomic E-state index is 0.0100. The summed E-state index contributed by atoms with van der Waals surface area (Å²) < 4.78 is 4.96. The molecule has 0 bridgehead atoms. The number of rotatable bonds is 4. The number of fused-ring (bicyclic) bond motifs is 6. The minimum Gasteiger partial charge on any atom is -0.338 e. The molecule has 0 fully saturated rings. The highest BCUT2D eigenvalue weighted by Gasteiger charge is 2.32. The molecule has 8 rings (SSSR count). The van der Waals surface area contributed by atoms with Crippen molar-refractivity contribution < 1.29 is 0 Å². The molecule has 1 aliphatic carbocycles. The topological polar surface area (TPSA) is 13.1 Å². The summed E-state index contributed by atoms with van der Waals surface area (Å²) in [5.74, 6) is 0.367. The van der Waals surface area contributed by atoms with Crippen LogP contribution < -0.4 is 4.90 Å². The van der Waals surface area contributed by atoms with Gasteiger partial charge < -0.3 is 14.0 Å². The summed E-state index contributed by atoms with van der Waals surface area (Å²) in [4.78, 5) is 2.48. The molecule has 3 heteroatoms. The zero-order valence-electron chi connectivity index (χ0n) is 25.8. The van der Waals surface area contributed by atoms with Crippen molar-refractivity contribution in [1.82, 2.24) is 9.13 Å². The minimum atomic E-state index is -0.0100. The quantitative estimate of drug-likeness (QED) is 0.205. The molecule has 0 saturated carbocycles. The molecular formula is C41H37N3. The standard InChI is InChI=1S/C41H37N3/c1-28-25-32(27-36-34-20-12-14-22-39(34)44(40(28)36)41(2,3)4)42(29-15-7-5-8-16-29)31-23-24-38-35(26-31)33-19-11-13-21-37(33)43(38)30-17-9-6-10-18-30/h5-24,26-28H,25H2,1-4H3. The van der Waals surface area contributed by atoms with Crippen molar-refractivity contribution in [3.8, 4) is 5.69 Å². The van der Waals surface area contributed by atoms with Crippen molar-refractivity contribution >= 4 is 50.2 Å². The maximum absolute atomic E-state index is 2.58. The van der Waals surface area contributed by atoms with E-state index in [0.717, 1.165) is 6.42 Å². The lowest BCUT2D eigenvalue weighted by molar-refractivity contribution is 0.389. The Hall–Kier alpha value is -5.02. The van der Waals surface area contributed by atoms with Crippen LogP contribution in [0.25, 0.3) is 44.5 Å².